The Morgan fingerprint density at radius 1 is 1.42 bits per heavy atom. The number of benzene rings is 1. The van der Waals surface area contributed by atoms with Gasteiger partial charge in [-0.3, -0.25) is 4.79 Å². The fourth-order valence-corrected chi connectivity index (χ4v) is 2.73. The molecule has 4 heteroatoms. The van der Waals surface area contributed by atoms with E-state index in [9.17, 15) is 9.90 Å². The van der Waals surface area contributed by atoms with Crippen molar-refractivity contribution in [3.8, 4) is 5.75 Å². The fraction of sp³-hybridized carbons (Fsp3) is 0.533. The van der Waals surface area contributed by atoms with E-state index in [1.807, 2.05) is 11.0 Å². The molecule has 0 aliphatic carbocycles. The molecule has 104 valence electrons. The lowest BCUT2D eigenvalue weighted by atomic mass is 10.1. The number of likely N-dealkylation sites (tertiary alicyclic amines) is 1. The first-order valence-electron chi connectivity index (χ1n) is 6.89. The number of rotatable bonds is 5. The summed E-state index contributed by atoms with van der Waals surface area (Å²) in [6.45, 7) is 0.999. The Balaban J connectivity index is 1.95. The van der Waals surface area contributed by atoms with E-state index in [0.29, 0.717) is 6.42 Å². The first kappa shape index (κ1) is 13.9. The number of carbonyl (C=O) groups excluding carboxylic acids is 1. The maximum atomic E-state index is 12.3. The van der Waals surface area contributed by atoms with E-state index in [0.717, 1.165) is 37.8 Å². The number of amides is 1. The predicted molar refractivity (Wildman–Crippen MR) is 72.9 cm³/mol. The van der Waals surface area contributed by atoms with Crippen LogP contribution in [0.4, 0.5) is 0 Å². The second kappa shape index (κ2) is 6.57. The molecular formula is C15H21NO3. The number of hydrogen-bond donors (Lipinski definition) is 2. The van der Waals surface area contributed by atoms with Crippen LogP contribution in [0.2, 0.25) is 0 Å². The molecule has 1 saturated heterocycles. The lowest BCUT2D eigenvalue weighted by Gasteiger charge is -2.24. The van der Waals surface area contributed by atoms with Crippen LogP contribution in [0, 0.1) is 0 Å². The zero-order chi connectivity index (χ0) is 13.7. The molecule has 19 heavy (non-hydrogen) atoms. The molecule has 1 aromatic rings. The Kier molecular flexibility index (Phi) is 4.80. The van der Waals surface area contributed by atoms with Crippen molar-refractivity contribution in [3.05, 3.63) is 29.8 Å². The summed E-state index contributed by atoms with van der Waals surface area (Å²) in [7, 11) is 0. The topological polar surface area (TPSA) is 60.8 Å². The van der Waals surface area contributed by atoms with Gasteiger partial charge in [-0.05, 0) is 43.4 Å². The van der Waals surface area contributed by atoms with Crippen LogP contribution in [0.1, 0.15) is 31.2 Å². The number of carbonyl (C=O) groups is 1. The molecule has 4 nitrogen and oxygen atoms in total. The molecule has 1 atom stereocenters. The van der Waals surface area contributed by atoms with Crippen LogP contribution in [0.15, 0.2) is 24.3 Å². The molecule has 1 aromatic carbocycles. The quantitative estimate of drug-likeness (QED) is 0.850. The minimum Gasteiger partial charge on any atom is -0.508 e. The summed E-state index contributed by atoms with van der Waals surface area (Å²) >= 11 is 0. The summed E-state index contributed by atoms with van der Waals surface area (Å²) in [5, 5.41) is 18.3. The molecule has 1 fully saturated rings. The number of phenolic OH excluding ortho intramolecular Hbond substituents is 1. The number of aliphatic hydroxyl groups excluding tert-OH is 1. The van der Waals surface area contributed by atoms with Gasteiger partial charge < -0.3 is 15.1 Å². The monoisotopic (exact) mass is 263 g/mol. The molecule has 1 heterocycles. The lowest BCUT2D eigenvalue weighted by molar-refractivity contribution is -0.131. The van der Waals surface area contributed by atoms with Gasteiger partial charge in [0.15, 0.2) is 0 Å². The lowest BCUT2D eigenvalue weighted by Crippen LogP contribution is -2.36. The predicted octanol–water partition coefficient (Wildman–Crippen LogP) is 1.70. The SMILES string of the molecule is O=C(Cc1cccc(O)c1)N1CCCC1CCCO. The maximum Gasteiger partial charge on any atom is 0.227 e. The molecule has 1 aliphatic rings. The third-order valence-electron chi connectivity index (χ3n) is 3.66. The first-order valence-corrected chi connectivity index (χ1v) is 6.89. The molecule has 2 rings (SSSR count). The van der Waals surface area contributed by atoms with Crippen LogP contribution in [-0.4, -0.2) is 40.2 Å². The zero-order valence-corrected chi connectivity index (χ0v) is 11.1. The molecule has 0 radical (unpaired) electrons. The summed E-state index contributed by atoms with van der Waals surface area (Å²) < 4.78 is 0. The largest absolute Gasteiger partial charge is 0.508 e. The Bertz CT molecular complexity index is 433. The van der Waals surface area contributed by atoms with E-state index >= 15 is 0 Å². The normalized spacial score (nSPS) is 18.8. The van der Waals surface area contributed by atoms with Crippen LogP contribution in [0.5, 0.6) is 5.75 Å². The van der Waals surface area contributed by atoms with Crippen LogP contribution in [0.3, 0.4) is 0 Å². The smallest absolute Gasteiger partial charge is 0.227 e. The van der Waals surface area contributed by atoms with Gasteiger partial charge in [0.2, 0.25) is 5.91 Å². The standard InChI is InChI=1S/C15H21NO3/c17-9-3-6-13-5-2-8-16(13)15(19)11-12-4-1-7-14(18)10-12/h1,4,7,10,13,17-18H,2-3,5-6,8-9,11H2. The minimum absolute atomic E-state index is 0.117. The van der Waals surface area contributed by atoms with Gasteiger partial charge in [0, 0.05) is 19.2 Å². The van der Waals surface area contributed by atoms with Crippen LogP contribution in [0.25, 0.3) is 0 Å². The van der Waals surface area contributed by atoms with Gasteiger partial charge in [0.25, 0.3) is 0 Å². The number of aliphatic hydroxyl groups is 1. The summed E-state index contributed by atoms with van der Waals surface area (Å²) in [5.74, 6) is 0.314. The van der Waals surface area contributed by atoms with Gasteiger partial charge >= 0.3 is 0 Å². The van der Waals surface area contributed by atoms with Crippen molar-refractivity contribution in [2.75, 3.05) is 13.2 Å². The van der Waals surface area contributed by atoms with E-state index in [-0.39, 0.29) is 24.3 Å². The van der Waals surface area contributed by atoms with E-state index in [1.165, 1.54) is 0 Å². The molecule has 2 N–H and O–H groups in total. The Morgan fingerprint density at radius 3 is 3.00 bits per heavy atom. The van der Waals surface area contributed by atoms with Crippen LogP contribution in [-0.2, 0) is 11.2 Å². The highest BCUT2D eigenvalue weighted by Crippen LogP contribution is 2.22. The summed E-state index contributed by atoms with van der Waals surface area (Å²) in [6, 6.07) is 7.13. The van der Waals surface area contributed by atoms with Gasteiger partial charge in [-0.15, -0.1) is 0 Å². The van der Waals surface area contributed by atoms with Crippen molar-refractivity contribution >= 4 is 5.91 Å². The van der Waals surface area contributed by atoms with E-state index in [2.05, 4.69) is 0 Å². The minimum atomic E-state index is 0.117. The number of phenols is 1. The highest BCUT2D eigenvalue weighted by Gasteiger charge is 2.27. The van der Waals surface area contributed by atoms with Gasteiger partial charge in [-0.1, -0.05) is 12.1 Å². The third kappa shape index (κ3) is 3.70. The number of nitrogens with zero attached hydrogens (tertiary/aromatic N) is 1. The number of aromatic hydroxyl groups is 1. The Labute approximate surface area is 113 Å². The molecule has 0 saturated carbocycles. The summed E-state index contributed by atoms with van der Waals surface area (Å²) in [5.41, 5.74) is 0.845. The molecule has 1 aliphatic heterocycles. The van der Waals surface area contributed by atoms with Gasteiger partial charge in [-0.25, -0.2) is 0 Å². The van der Waals surface area contributed by atoms with Gasteiger partial charge in [0.1, 0.15) is 5.75 Å². The maximum absolute atomic E-state index is 12.3. The summed E-state index contributed by atoms with van der Waals surface area (Å²) in [6.07, 6.45) is 4.04. The zero-order valence-electron chi connectivity index (χ0n) is 11.1. The Hall–Kier alpha value is -1.55. The van der Waals surface area contributed by atoms with E-state index in [4.69, 9.17) is 5.11 Å². The second-order valence-electron chi connectivity index (χ2n) is 5.10. The van der Waals surface area contributed by atoms with Crippen molar-refractivity contribution in [1.29, 1.82) is 0 Å². The van der Waals surface area contributed by atoms with Crippen molar-refractivity contribution in [3.63, 3.8) is 0 Å². The van der Waals surface area contributed by atoms with Crippen LogP contribution < -0.4 is 0 Å². The summed E-state index contributed by atoms with van der Waals surface area (Å²) in [4.78, 5) is 14.2. The molecule has 1 amide bonds. The molecular weight excluding hydrogens is 242 g/mol. The number of hydrogen-bond acceptors (Lipinski definition) is 3. The van der Waals surface area contributed by atoms with Crippen LogP contribution >= 0.6 is 0 Å². The molecule has 0 spiro atoms. The van der Waals surface area contributed by atoms with Crippen molar-refractivity contribution in [2.45, 2.75) is 38.1 Å². The average molecular weight is 263 g/mol. The molecule has 0 bridgehead atoms. The third-order valence-corrected chi connectivity index (χ3v) is 3.66. The van der Waals surface area contributed by atoms with E-state index < -0.39 is 0 Å². The average Bonchev–Trinajstić information content (AvgIpc) is 2.84. The van der Waals surface area contributed by atoms with Gasteiger partial charge in [-0.2, -0.15) is 0 Å². The first-order chi connectivity index (χ1) is 9.20. The van der Waals surface area contributed by atoms with E-state index in [1.54, 1.807) is 18.2 Å². The highest BCUT2D eigenvalue weighted by molar-refractivity contribution is 5.79. The van der Waals surface area contributed by atoms with Crippen molar-refractivity contribution in [2.24, 2.45) is 0 Å². The highest BCUT2D eigenvalue weighted by atomic mass is 16.3. The van der Waals surface area contributed by atoms with Gasteiger partial charge in [0.05, 0.1) is 6.42 Å². The Morgan fingerprint density at radius 2 is 2.26 bits per heavy atom. The molecule has 1 unspecified atom stereocenters. The fourth-order valence-electron chi connectivity index (χ4n) is 2.73. The second-order valence-corrected chi connectivity index (χ2v) is 5.10. The van der Waals surface area contributed by atoms with Crippen molar-refractivity contribution in [1.82, 2.24) is 4.90 Å². The van der Waals surface area contributed by atoms with Crippen molar-refractivity contribution < 1.29 is 15.0 Å². The molecule has 0 aromatic heterocycles.